The van der Waals surface area contributed by atoms with Crippen LogP contribution in [-0.2, 0) is 0 Å². The van der Waals surface area contributed by atoms with Crippen molar-refractivity contribution in [3.63, 3.8) is 0 Å². The summed E-state index contributed by atoms with van der Waals surface area (Å²) in [6.07, 6.45) is -1.78. The van der Waals surface area contributed by atoms with Crippen LogP contribution in [0.15, 0.2) is 0 Å². The van der Waals surface area contributed by atoms with E-state index in [1.165, 1.54) is 0 Å². The van der Waals surface area contributed by atoms with Gasteiger partial charge in [-0.3, -0.25) is 0 Å². The van der Waals surface area contributed by atoms with Gasteiger partial charge in [-0.05, 0) is 37.5 Å². The lowest BCUT2D eigenvalue weighted by Crippen LogP contribution is -2.52. The third-order valence-electron chi connectivity index (χ3n) is 1.33. The molecule has 0 aliphatic carbocycles. The van der Waals surface area contributed by atoms with Gasteiger partial charge in [-0.15, -0.1) is 0 Å². The van der Waals surface area contributed by atoms with E-state index in [1.807, 2.05) is 0 Å². The number of halogens is 8. The van der Waals surface area contributed by atoms with Gasteiger partial charge >= 0.3 is 0 Å². The molecule has 0 atom stereocenters. The summed E-state index contributed by atoms with van der Waals surface area (Å²) in [6, 6.07) is 0. The second-order valence-electron chi connectivity index (χ2n) is 2.73. The van der Waals surface area contributed by atoms with Crippen molar-refractivity contribution in [3.05, 3.63) is 0 Å². The van der Waals surface area contributed by atoms with Crippen molar-refractivity contribution < 1.29 is 54.2 Å². The average molecular weight is 365 g/mol. The number of rotatable bonds is 2. The predicted molar refractivity (Wildman–Crippen MR) is 106 cm³/mol. The van der Waals surface area contributed by atoms with Crippen LogP contribution in [0.3, 0.4) is 0 Å². The summed E-state index contributed by atoms with van der Waals surface area (Å²) in [5, 5.41) is 0. The topological polar surface area (TPSA) is 0 Å². The van der Waals surface area contributed by atoms with E-state index < -0.39 is 19.2 Å². The lowest BCUT2D eigenvalue weighted by Gasteiger charge is -2.13. The minimum absolute atomic E-state index is 0. The van der Waals surface area contributed by atoms with Gasteiger partial charge in [0.05, 0.1) is 0 Å². The number of hydrogen-bond acceptors (Lipinski definition) is 0. The highest BCUT2D eigenvalue weighted by molar-refractivity contribution is 7.89. The molecule has 16 heteroatoms. The van der Waals surface area contributed by atoms with Crippen LogP contribution >= 0.6 is 0 Å². The molecule has 10 radical (unpaired) electrons. The van der Waals surface area contributed by atoms with Gasteiger partial charge in [0.1, 0.15) is 0 Å². The van der Waals surface area contributed by atoms with Crippen LogP contribution < -0.4 is 0 Å². The van der Waals surface area contributed by atoms with Crippen molar-refractivity contribution in [3.8, 4) is 35.5 Å². The van der Waals surface area contributed by atoms with E-state index in [4.69, 9.17) is 87.2 Å². The second-order valence-corrected chi connectivity index (χ2v) is 2.73. The van der Waals surface area contributed by atoms with Gasteiger partial charge in [0.15, 0.2) is 0 Å². The molecule has 134 valence electrons. The Kier molecular flexibility index (Phi) is 51.4. The molecular weight excluding hydrogens is 335 g/mol. The maximum atomic E-state index is 8.00. The van der Waals surface area contributed by atoms with Crippen molar-refractivity contribution in [2.45, 2.75) is 13.8 Å². The molecule has 0 rings (SSSR count). The maximum Gasteiger partial charge on any atom is 0 e. The molecule has 0 aromatic rings. The first kappa shape index (κ1) is 24.9. The molecule has 0 amide bonds. The molecule has 0 fully saturated rings. The first-order chi connectivity index (χ1) is 15.5. The van der Waals surface area contributed by atoms with Gasteiger partial charge in [0.2, 0.25) is 0 Å². The molecule has 0 spiro atoms. The average Bonchev–Trinajstić information content (AvgIpc) is 2.91. The Morgan fingerprint density at radius 3 is 0.917 bits per heavy atom. The Balaban J connectivity index is -0.0000000135. The Morgan fingerprint density at radius 2 is 0.833 bits per heavy atom. The van der Waals surface area contributed by atoms with Gasteiger partial charge in [0.25, 0.3) is 0 Å². The molecule has 0 saturated heterocycles. The van der Waals surface area contributed by atoms with E-state index in [9.17, 15) is 0 Å². The summed E-state index contributed by atoms with van der Waals surface area (Å²) >= 11 is 0. The van der Waals surface area contributed by atoms with Crippen molar-refractivity contribution >= 4 is 57.8 Å². The molecule has 0 nitrogen and oxygen atoms in total. The fraction of sp³-hybridized carbons (Fsp3) is 0.250. The molecule has 0 unspecified atom stereocenters. The summed E-state index contributed by atoms with van der Waals surface area (Å²) in [7, 11) is 25.8. The van der Waals surface area contributed by atoms with Gasteiger partial charge in [-0.1, -0.05) is 11.8 Å². The van der Waals surface area contributed by atoms with Crippen LogP contribution in [0, 0.1) is 35.5 Å². The van der Waals surface area contributed by atoms with E-state index in [2.05, 4.69) is 35.5 Å². The van der Waals surface area contributed by atoms with Crippen molar-refractivity contribution in [1.29, 1.82) is 0 Å². The molecule has 0 aliphatic rings. The molecule has 24 heavy (non-hydrogen) atoms. The van der Waals surface area contributed by atoms with Gasteiger partial charge in [0, 0.05) is 112 Å². The normalized spacial score (nSPS) is 6.25. The first-order valence-electron chi connectivity index (χ1n) is 9.15. The van der Waals surface area contributed by atoms with E-state index in [1.54, 1.807) is 13.8 Å². The van der Waals surface area contributed by atoms with E-state index in [0.29, 0.717) is 0 Å². The maximum absolute atomic E-state index is 8.00. The molecular formula is C8H22B8F8. The highest BCUT2D eigenvalue weighted by atomic mass is 20.0. The van der Waals surface area contributed by atoms with Crippen molar-refractivity contribution in [2.75, 3.05) is 0 Å². The van der Waals surface area contributed by atoms with Crippen LogP contribution in [0.4, 0.5) is 36.6 Å². The van der Waals surface area contributed by atoms with Crippen LogP contribution in [0.2, 0.25) is 0 Å². The molecule has 0 saturated carbocycles. The summed E-state index contributed by atoms with van der Waals surface area (Å²) in [5.41, 5.74) is 0. The molecule has 0 heterocycles. The zero-order valence-electron chi connectivity index (χ0n) is 20.6. The first-order valence-corrected chi connectivity index (χ1v) is 5.15. The third-order valence-corrected chi connectivity index (χ3v) is 1.33. The molecule has 0 aromatic heterocycles. The lowest BCUT2D eigenvalue weighted by molar-refractivity contribution is 0.108. The van der Waals surface area contributed by atoms with Crippen molar-refractivity contribution in [1.82, 2.24) is 0 Å². The van der Waals surface area contributed by atoms with E-state index in [0.717, 1.165) is 0 Å². The number of hydrogen-bond donors (Lipinski definition) is 0. The van der Waals surface area contributed by atoms with Crippen LogP contribution in [0.25, 0.3) is 0 Å². The van der Waals surface area contributed by atoms with Gasteiger partial charge in [-0.25, -0.2) is 0 Å². The molecule has 0 aromatic carbocycles. The quantitative estimate of drug-likeness (QED) is 0.400. The zero-order valence-corrected chi connectivity index (χ0v) is 12.6. The highest BCUT2D eigenvalue weighted by Gasteiger charge is 2.14. The summed E-state index contributed by atoms with van der Waals surface area (Å²) in [4.78, 5) is 0. The lowest BCUT2D eigenvalue weighted by atomic mass is 8.68. The fourth-order valence-electron chi connectivity index (χ4n) is 0.444. The summed E-state index contributed by atoms with van der Waals surface area (Å²) < 4.78 is 104. The second kappa shape index (κ2) is 49.6. The highest BCUT2D eigenvalue weighted by Crippen LogP contribution is 1.76. The Labute approximate surface area is 162 Å². The minimum atomic E-state index is -0.630. The van der Waals surface area contributed by atoms with E-state index >= 15 is 0 Å². The minimum Gasteiger partial charge on any atom is -0.0925 e. The van der Waals surface area contributed by atoms with Crippen LogP contribution in [0.5, 0.6) is 0 Å². The summed E-state index contributed by atoms with van der Waals surface area (Å²) in [6.45, 7) is 3.49. The Bertz CT molecular complexity index is 365. The fourth-order valence-corrected chi connectivity index (χ4v) is 0.444. The summed E-state index contributed by atoms with van der Waals surface area (Å²) in [5.74, 6) is 15.5. The Hall–Kier alpha value is -1.36. The zero-order chi connectivity index (χ0) is 29.0. The van der Waals surface area contributed by atoms with Crippen LogP contribution in [0.1, 0.15) is 31.4 Å². The third kappa shape index (κ3) is 58.8. The van der Waals surface area contributed by atoms with Gasteiger partial charge < -0.3 is 0 Å². The Morgan fingerprint density at radius 1 is 0.625 bits per heavy atom. The van der Waals surface area contributed by atoms with Crippen molar-refractivity contribution in [2.24, 2.45) is 0 Å². The monoisotopic (exact) mass is 366 g/mol. The standard InChI is InChI=1S/C8H6.B8.4F2.8H2/c1-3-5-7-8-6-4-2;1-6(2)8(5)7(3)4;4*1-2;;;;;;;;/h1-2H3;;;;;;8*1H/i;;;;;;4*1+1D;;;;. The van der Waals surface area contributed by atoms with Crippen LogP contribution in [-0.4, -0.2) is 57.8 Å². The largest absolute Gasteiger partial charge is 0.0925 e. The molecule has 0 N–H and O–H groups in total. The molecule has 0 aliphatic heterocycles. The van der Waals surface area contributed by atoms with E-state index in [-0.39, 0.29) is 5.71 Å². The SMILES string of the molecule is CC#CC#CC#CC.FF.FF.FF.FF.[2H][2H].[2H][2H].[2H][2H].[2H][2H].[B]B([B])B([B])B([B])[B].[HH].[HH].[HH].[HH]. The molecule has 0 bridgehead atoms. The van der Waals surface area contributed by atoms with Gasteiger partial charge in [-0.2, -0.15) is 0 Å². The smallest absolute Gasteiger partial charge is 0 e. The predicted octanol–water partition coefficient (Wildman–Crippen LogP) is 3.32.